The lowest BCUT2D eigenvalue weighted by atomic mass is 9.68. The number of rotatable bonds is 2. The molecule has 1 spiro atoms. The highest BCUT2D eigenvalue weighted by atomic mass is 19.1. The lowest BCUT2D eigenvalue weighted by molar-refractivity contribution is 0.154. The summed E-state index contributed by atoms with van der Waals surface area (Å²) >= 11 is 0. The predicted octanol–water partition coefficient (Wildman–Crippen LogP) is 3.31. The second-order valence-corrected chi connectivity index (χ2v) is 5.66. The largest absolute Gasteiger partial charge is 0.299 e. The second kappa shape index (κ2) is 4.57. The van der Waals surface area contributed by atoms with E-state index in [9.17, 15) is 4.39 Å². The molecule has 3 heteroatoms. The van der Waals surface area contributed by atoms with Gasteiger partial charge in [0.25, 0.3) is 0 Å². The van der Waals surface area contributed by atoms with Gasteiger partial charge in [-0.3, -0.25) is 9.89 Å². The van der Waals surface area contributed by atoms with Crippen LogP contribution < -0.4 is 0 Å². The number of hydrogen-bond acceptors (Lipinski definition) is 2. The van der Waals surface area contributed by atoms with Crippen molar-refractivity contribution in [3.8, 4) is 0 Å². The van der Waals surface area contributed by atoms with Crippen LogP contribution in [0.15, 0.2) is 35.8 Å². The minimum atomic E-state index is -0.163. The smallest absolute Gasteiger partial charge is 0.123 e. The Balaban J connectivity index is 1.93. The molecule has 0 aromatic heterocycles. The number of hydrogen-bond donors (Lipinski definition) is 0. The Morgan fingerprint density at radius 2 is 2.42 bits per heavy atom. The molecule has 2 nitrogen and oxygen atoms in total. The summed E-state index contributed by atoms with van der Waals surface area (Å²) in [6, 6.07) is 4.95. The number of aliphatic imine (C=N–C) groups is 1. The van der Waals surface area contributed by atoms with Gasteiger partial charge in [-0.05, 0) is 42.6 Å². The molecule has 2 heterocycles. The Labute approximate surface area is 113 Å². The monoisotopic (exact) mass is 258 g/mol. The highest BCUT2D eigenvalue weighted by molar-refractivity contribution is 5.85. The van der Waals surface area contributed by atoms with Crippen molar-refractivity contribution in [2.45, 2.75) is 18.8 Å². The predicted molar refractivity (Wildman–Crippen MR) is 76.6 cm³/mol. The van der Waals surface area contributed by atoms with Crippen LogP contribution in [-0.2, 0) is 5.41 Å². The molecule has 3 rings (SSSR count). The van der Waals surface area contributed by atoms with Gasteiger partial charge in [-0.1, -0.05) is 13.0 Å². The first kappa shape index (κ1) is 12.5. The maximum atomic E-state index is 13.5. The van der Waals surface area contributed by atoms with Crippen LogP contribution in [-0.4, -0.2) is 30.7 Å². The van der Waals surface area contributed by atoms with E-state index in [-0.39, 0.29) is 11.2 Å². The summed E-state index contributed by atoms with van der Waals surface area (Å²) in [5.41, 5.74) is 1.93. The molecule has 0 saturated carbocycles. The zero-order chi connectivity index (χ0) is 13.5. The van der Waals surface area contributed by atoms with E-state index >= 15 is 0 Å². The van der Waals surface area contributed by atoms with E-state index < -0.39 is 0 Å². The average Bonchev–Trinajstić information content (AvgIpc) is 2.74. The summed E-state index contributed by atoms with van der Waals surface area (Å²) < 4.78 is 13.5. The molecular weight excluding hydrogens is 239 g/mol. The van der Waals surface area contributed by atoms with Gasteiger partial charge >= 0.3 is 0 Å². The molecule has 0 N–H and O–H groups in total. The van der Waals surface area contributed by atoms with Crippen LogP contribution in [0.5, 0.6) is 0 Å². The maximum Gasteiger partial charge on any atom is 0.123 e. The van der Waals surface area contributed by atoms with Crippen LogP contribution in [0.2, 0.25) is 0 Å². The number of fused-ring (bicyclic) bond motifs is 2. The Morgan fingerprint density at radius 1 is 1.58 bits per heavy atom. The third-order valence-electron chi connectivity index (χ3n) is 4.53. The molecule has 2 atom stereocenters. The van der Waals surface area contributed by atoms with E-state index in [4.69, 9.17) is 0 Å². The van der Waals surface area contributed by atoms with E-state index in [1.54, 1.807) is 12.1 Å². The molecule has 1 aromatic carbocycles. The van der Waals surface area contributed by atoms with Crippen LogP contribution in [0.1, 0.15) is 18.9 Å². The summed E-state index contributed by atoms with van der Waals surface area (Å²) in [4.78, 5) is 6.91. The van der Waals surface area contributed by atoms with E-state index in [1.807, 2.05) is 12.3 Å². The summed E-state index contributed by atoms with van der Waals surface area (Å²) in [7, 11) is 0. The SMILES string of the molecule is C=CCN1CCC2(C=Nc3ccc(F)cc32)C(C)C1. The van der Waals surface area contributed by atoms with Gasteiger partial charge in [0, 0.05) is 24.7 Å². The Hall–Kier alpha value is -1.48. The number of likely N-dealkylation sites (tertiary alicyclic amines) is 1. The third-order valence-corrected chi connectivity index (χ3v) is 4.53. The molecule has 0 aliphatic carbocycles. The topological polar surface area (TPSA) is 15.6 Å². The number of nitrogens with zero attached hydrogens (tertiary/aromatic N) is 2. The highest BCUT2D eigenvalue weighted by Gasteiger charge is 2.44. The number of benzene rings is 1. The van der Waals surface area contributed by atoms with Gasteiger partial charge < -0.3 is 0 Å². The summed E-state index contributed by atoms with van der Waals surface area (Å²) in [5.74, 6) is 0.275. The number of halogens is 1. The van der Waals surface area contributed by atoms with Crippen molar-refractivity contribution in [3.63, 3.8) is 0 Å². The molecular formula is C16H19FN2. The maximum absolute atomic E-state index is 13.5. The van der Waals surface area contributed by atoms with Gasteiger partial charge in [0.05, 0.1) is 5.69 Å². The van der Waals surface area contributed by atoms with E-state index in [1.165, 1.54) is 6.07 Å². The van der Waals surface area contributed by atoms with Crippen LogP contribution >= 0.6 is 0 Å². The Morgan fingerprint density at radius 3 is 3.16 bits per heavy atom. The lowest BCUT2D eigenvalue weighted by Gasteiger charge is -2.43. The molecule has 2 aliphatic heterocycles. The first-order chi connectivity index (χ1) is 9.15. The van der Waals surface area contributed by atoms with Gasteiger partial charge in [0.2, 0.25) is 0 Å². The van der Waals surface area contributed by atoms with Crippen molar-refractivity contribution in [2.24, 2.45) is 10.9 Å². The minimum Gasteiger partial charge on any atom is -0.299 e. The van der Waals surface area contributed by atoms with Crippen LogP contribution in [0.4, 0.5) is 10.1 Å². The summed E-state index contributed by atoms with van der Waals surface area (Å²) in [5, 5.41) is 0. The highest BCUT2D eigenvalue weighted by Crippen LogP contribution is 2.46. The zero-order valence-corrected chi connectivity index (χ0v) is 11.3. The van der Waals surface area contributed by atoms with Crippen molar-refractivity contribution in [2.75, 3.05) is 19.6 Å². The molecule has 2 unspecified atom stereocenters. The summed E-state index contributed by atoms with van der Waals surface area (Å²) in [6.07, 6.45) is 5.00. The molecule has 100 valence electrons. The molecule has 19 heavy (non-hydrogen) atoms. The average molecular weight is 258 g/mol. The molecule has 2 aliphatic rings. The first-order valence-corrected chi connectivity index (χ1v) is 6.84. The number of piperidine rings is 1. The van der Waals surface area contributed by atoms with Crippen molar-refractivity contribution in [3.05, 3.63) is 42.2 Å². The fraction of sp³-hybridized carbons (Fsp3) is 0.438. The standard InChI is InChI=1S/C16H19FN2/c1-3-7-19-8-6-16(12(2)10-19)11-18-15-5-4-13(17)9-14(15)16/h3-5,9,11-12H,1,6-8,10H2,2H3. The lowest BCUT2D eigenvalue weighted by Crippen LogP contribution is -2.49. The van der Waals surface area contributed by atoms with Crippen molar-refractivity contribution >= 4 is 11.9 Å². The fourth-order valence-corrected chi connectivity index (χ4v) is 3.42. The van der Waals surface area contributed by atoms with Gasteiger partial charge in [-0.2, -0.15) is 0 Å². The Kier molecular flexibility index (Phi) is 3.02. The molecule has 0 amide bonds. The molecule has 1 fully saturated rings. The molecule has 1 saturated heterocycles. The summed E-state index contributed by atoms with van der Waals surface area (Å²) in [6.45, 7) is 8.98. The van der Waals surface area contributed by atoms with Crippen molar-refractivity contribution < 1.29 is 4.39 Å². The minimum absolute atomic E-state index is 0.0743. The normalized spacial score (nSPS) is 29.7. The van der Waals surface area contributed by atoms with Crippen LogP contribution in [0.3, 0.4) is 0 Å². The third kappa shape index (κ3) is 1.93. The van der Waals surface area contributed by atoms with E-state index in [0.29, 0.717) is 5.92 Å². The van der Waals surface area contributed by atoms with Gasteiger partial charge in [0.1, 0.15) is 5.82 Å². The molecule has 0 radical (unpaired) electrons. The molecule has 1 aromatic rings. The zero-order valence-electron chi connectivity index (χ0n) is 11.3. The van der Waals surface area contributed by atoms with Crippen molar-refractivity contribution in [1.82, 2.24) is 4.90 Å². The van der Waals surface area contributed by atoms with Crippen LogP contribution in [0, 0.1) is 11.7 Å². The van der Waals surface area contributed by atoms with Crippen molar-refractivity contribution in [1.29, 1.82) is 0 Å². The van der Waals surface area contributed by atoms with E-state index in [0.717, 1.165) is 37.3 Å². The first-order valence-electron chi connectivity index (χ1n) is 6.84. The second-order valence-electron chi connectivity index (χ2n) is 5.66. The molecule has 0 bridgehead atoms. The van der Waals surface area contributed by atoms with Gasteiger partial charge in [-0.25, -0.2) is 4.39 Å². The Bertz CT molecular complexity index is 538. The van der Waals surface area contributed by atoms with E-state index in [2.05, 4.69) is 23.4 Å². The van der Waals surface area contributed by atoms with Gasteiger partial charge in [0.15, 0.2) is 0 Å². The quantitative estimate of drug-likeness (QED) is 0.743. The van der Waals surface area contributed by atoms with Gasteiger partial charge in [-0.15, -0.1) is 6.58 Å². The fourth-order valence-electron chi connectivity index (χ4n) is 3.42. The van der Waals surface area contributed by atoms with Crippen LogP contribution in [0.25, 0.3) is 0 Å².